The summed E-state index contributed by atoms with van der Waals surface area (Å²) in [6, 6.07) is 4.63. The van der Waals surface area contributed by atoms with E-state index in [0.717, 1.165) is 5.56 Å². The number of aliphatic carboxylic acids is 1. The molecule has 0 aromatic heterocycles. The lowest BCUT2D eigenvalue weighted by molar-refractivity contribution is -0.141. The van der Waals surface area contributed by atoms with Gasteiger partial charge >= 0.3 is 5.97 Å². The Morgan fingerprint density at radius 3 is 2.62 bits per heavy atom. The third-order valence-electron chi connectivity index (χ3n) is 3.05. The lowest BCUT2D eigenvalue weighted by Gasteiger charge is -2.11. The Morgan fingerprint density at radius 1 is 1.43 bits per heavy atom. The zero-order chi connectivity index (χ0) is 16.0. The van der Waals surface area contributed by atoms with Crippen LogP contribution in [0.4, 0.5) is 0 Å². The maximum absolute atomic E-state index is 12.1. The van der Waals surface area contributed by atoms with Crippen molar-refractivity contribution in [1.29, 1.82) is 0 Å². The van der Waals surface area contributed by atoms with Gasteiger partial charge in [-0.2, -0.15) is 0 Å². The van der Waals surface area contributed by atoms with Gasteiger partial charge in [-0.1, -0.05) is 6.92 Å². The molecule has 7 heteroatoms. The van der Waals surface area contributed by atoms with E-state index in [1.165, 1.54) is 19.1 Å². The minimum atomic E-state index is -3.63. The molecule has 2 N–H and O–H groups in total. The van der Waals surface area contributed by atoms with E-state index in [1.54, 1.807) is 13.0 Å². The van der Waals surface area contributed by atoms with Gasteiger partial charge in [-0.05, 0) is 44.0 Å². The molecule has 0 radical (unpaired) electrons. The standard InChI is InChI=1S/C14H21NO5S/c1-4-20-13-6-5-12(9-11(13)3)21(18,19)15-8-7-10(2)14(16)17/h5-6,9-10,15H,4,7-8H2,1-3H3,(H,16,17). The highest BCUT2D eigenvalue weighted by Crippen LogP contribution is 2.21. The molecule has 1 atom stereocenters. The van der Waals surface area contributed by atoms with E-state index < -0.39 is 21.9 Å². The first kappa shape index (κ1) is 17.5. The molecule has 0 heterocycles. The molecule has 1 unspecified atom stereocenters. The Hall–Kier alpha value is -1.60. The molecule has 0 aliphatic heterocycles. The summed E-state index contributed by atoms with van der Waals surface area (Å²) in [6.45, 7) is 5.77. The highest BCUT2D eigenvalue weighted by molar-refractivity contribution is 7.89. The number of ether oxygens (including phenoxy) is 1. The summed E-state index contributed by atoms with van der Waals surface area (Å²) in [4.78, 5) is 10.8. The lowest BCUT2D eigenvalue weighted by Crippen LogP contribution is -2.27. The molecule has 1 aromatic rings. The fourth-order valence-electron chi connectivity index (χ4n) is 1.72. The largest absolute Gasteiger partial charge is 0.494 e. The highest BCUT2D eigenvalue weighted by atomic mass is 32.2. The number of benzene rings is 1. The number of rotatable bonds is 8. The van der Waals surface area contributed by atoms with Gasteiger partial charge < -0.3 is 9.84 Å². The second-order valence-corrected chi connectivity index (χ2v) is 6.55. The van der Waals surface area contributed by atoms with Crippen LogP contribution in [0.25, 0.3) is 0 Å². The van der Waals surface area contributed by atoms with Crippen molar-refractivity contribution < 1.29 is 23.1 Å². The van der Waals surface area contributed by atoms with Gasteiger partial charge in [0.15, 0.2) is 0 Å². The van der Waals surface area contributed by atoms with Crippen LogP contribution in [-0.2, 0) is 14.8 Å². The van der Waals surface area contributed by atoms with Gasteiger partial charge in [0.25, 0.3) is 0 Å². The maximum atomic E-state index is 12.1. The molecular formula is C14H21NO5S. The third-order valence-corrected chi connectivity index (χ3v) is 4.51. The van der Waals surface area contributed by atoms with E-state index in [0.29, 0.717) is 12.4 Å². The molecule has 118 valence electrons. The lowest BCUT2D eigenvalue weighted by atomic mass is 10.1. The smallest absolute Gasteiger partial charge is 0.306 e. The first-order valence-electron chi connectivity index (χ1n) is 6.74. The summed E-state index contributed by atoms with van der Waals surface area (Å²) in [5.41, 5.74) is 0.735. The van der Waals surface area contributed by atoms with Crippen molar-refractivity contribution in [2.24, 2.45) is 5.92 Å². The van der Waals surface area contributed by atoms with Gasteiger partial charge in [0.05, 0.1) is 17.4 Å². The number of carbonyl (C=O) groups is 1. The van der Waals surface area contributed by atoms with Crippen LogP contribution < -0.4 is 9.46 Å². The molecule has 0 bridgehead atoms. The van der Waals surface area contributed by atoms with Crippen LogP contribution in [0.2, 0.25) is 0 Å². The summed E-state index contributed by atoms with van der Waals surface area (Å²) in [5, 5.41) is 8.75. The maximum Gasteiger partial charge on any atom is 0.306 e. The number of carboxylic acids is 1. The van der Waals surface area contributed by atoms with Crippen molar-refractivity contribution in [3.05, 3.63) is 23.8 Å². The van der Waals surface area contributed by atoms with E-state index in [9.17, 15) is 13.2 Å². The SMILES string of the molecule is CCOc1ccc(S(=O)(=O)NCCC(C)C(=O)O)cc1C. The Balaban J connectivity index is 2.74. The van der Waals surface area contributed by atoms with Crippen molar-refractivity contribution in [2.75, 3.05) is 13.2 Å². The normalized spacial score (nSPS) is 12.9. The van der Waals surface area contributed by atoms with E-state index in [4.69, 9.17) is 9.84 Å². The van der Waals surface area contributed by atoms with Gasteiger partial charge in [-0.25, -0.2) is 13.1 Å². The number of carboxylic acid groups (broad SMARTS) is 1. The number of aryl methyl sites for hydroxylation is 1. The summed E-state index contributed by atoms with van der Waals surface area (Å²) in [7, 11) is -3.63. The van der Waals surface area contributed by atoms with E-state index in [1.807, 2.05) is 6.92 Å². The first-order valence-corrected chi connectivity index (χ1v) is 8.22. The van der Waals surface area contributed by atoms with Gasteiger partial charge in [0.2, 0.25) is 10.0 Å². The Kier molecular flexibility index (Phi) is 6.17. The Bertz CT molecular complexity index is 597. The minimum Gasteiger partial charge on any atom is -0.494 e. The number of nitrogens with one attached hydrogen (secondary N) is 1. The topological polar surface area (TPSA) is 92.7 Å². The molecule has 0 saturated heterocycles. The fourth-order valence-corrected chi connectivity index (χ4v) is 2.86. The zero-order valence-electron chi connectivity index (χ0n) is 12.4. The van der Waals surface area contributed by atoms with Crippen LogP contribution in [-0.4, -0.2) is 32.6 Å². The van der Waals surface area contributed by atoms with E-state index >= 15 is 0 Å². The van der Waals surface area contributed by atoms with Crippen LogP contribution in [0, 0.1) is 12.8 Å². The molecule has 1 aromatic carbocycles. The van der Waals surface area contributed by atoms with Gasteiger partial charge in [-0.15, -0.1) is 0 Å². The molecule has 0 saturated carbocycles. The predicted molar refractivity (Wildman–Crippen MR) is 79.0 cm³/mol. The molecule has 0 aliphatic rings. The molecule has 0 fully saturated rings. The molecule has 0 aliphatic carbocycles. The van der Waals surface area contributed by atoms with Crippen LogP contribution in [0.5, 0.6) is 5.75 Å². The molecular weight excluding hydrogens is 294 g/mol. The number of hydrogen-bond acceptors (Lipinski definition) is 4. The van der Waals surface area contributed by atoms with Crippen molar-refractivity contribution in [3.8, 4) is 5.75 Å². The quantitative estimate of drug-likeness (QED) is 0.763. The van der Waals surface area contributed by atoms with Crippen molar-refractivity contribution in [1.82, 2.24) is 4.72 Å². The molecule has 21 heavy (non-hydrogen) atoms. The Morgan fingerprint density at radius 2 is 2.10 bits per heavy atom. The first-order chi connectivity index (χ1) is 9.77. The van der Waals surface area contributed by atoms with Gasteiger partial charge in [0, 0.05) is 6.54 Å². The summed E-state index contributed by atoms with van der Waals surface area (Å²) >= 11 is 0. The zero-order valence-corrected chi connectivity index (χ0v) is 13.2. The van der Waals surface area contributed by atoms with Gasteiger partial charge in [-0.3, -0.25) is 4.79 Å². The summed E-state index contributed by atoms with van der Waals surface area (Å²) < 4.78 is 32.0. The van der Waals surface area contributed by atoms with Crippen LogP contribution >= 0.6 is 0 Å². The van der Waals surface area contributed by atoms with Crippen molar-refractivity contribution >= 4 is 16.0 Å². The average molecular weight is 315 g/mol. The second-order valence-electron chi connectivity index (χ2n) is 4.79. The summed E-state index contributed by atoms with van der Waals surface area (Å²) in [6.07, 6.45) is 0.241. The average Bonchev–Trinajstić information content (AvgIpc) is 2.40. The van der Waals surface area contributed by atoms with Crippen LogP contribution in [0.3, 0.4) is 0 Å². The second kappa shape index (κ2) is 7.42. The number of sulfonamides is 1. The molecule has 0 amide bonds. The highest BCUT2D eigenvalue weighted by Gasteiger charge is 2.17. The third kappa shape index (κ3) is 5.02. The fraction of sp³-hybridized carbons (Fsp3) is 0.500. The molecule has 1 rings (SSSR count). The monoisotopic (exact) mass is 315 g/mol. The Labute approximate surface area is 125 Å². The van der Waals surface area contributed by atoms with Gasteiger partial charge in [0.1, 0.15) is 5.75 Å². The predicted octanol–water partition coefficient (Wildman–Crippen LogP) is 1.78. The van der Waals surface area contributed by atoms with Crippen LogP contribution in [0.1, 0.15) is 25.8 Å². The minimum absolute atomic E-state index is 0.0854. The van der Waals surface area contributed by atoms with Crippen molar-refractivity contribution in [2.45, 2.75) is 32.1 Å². The van der Waals surface area contributed by atoms with Crippen molar-refractivity contribution in [3.63, 3.8) is 0 Å². The number of hydrogen-bond donors (Lipinski definition) is 2. The van der Waals surface area contributed by atoms with E-state index in [2.05, 4.69) is 4.72 Å². The van der Waals surface area contributed by atoms with E-state index in [-0.39, 0.29) is 17.9 Å². The molecule has 0 spiro atoms. The summed E-state index contributed by atoms with van der Waals surface area (Å²) in [5.74, 6) is -0.878. The van der Waals surface area contributed by atoms with Crippen LogP contribution in [0.15, 0.2) is 23.1 Å². The molecule has 6 nitrogen and oxygen atoms in total.